The van der Waals surface area contributed by atoms with E-state index in [2.05, 4.69) is 15.4 Å². The summed E-state index contributed by atoms with van der Waals surface area (Å²) in [5, 5.41) is 6.14. The molecule has 6 heteroatoms. The number of amides is 1. The van der Waals surface area contributed by atoms with Crippen molar-refractivity contribution in [3.63, 3.8) is 0 Å². The Morgan fingerprint density at radius 1 is 1.73 bits per heavy atom. The summed E-state index contributed by atoms with van der Waals surface area (Å²) >= 11 is 5.35. The molecule has 0 fully saturated rings. The van der Waals surface area contributed by atoms with Crippen molar-refractivity contribution in [2.45, 2.75) is 0 Å². The van der Waals surface area contributed by atoms with Gasteiger partial charge in [-0.1, -0.05) is 0 Å². The highest BCUT2D eigenvalue weighted by molar-refractivity contribution is 6.18. The van der Waals surface area contributed by atoms with Gasteiger partial charge in [-0.25, -0.2) is 9.78 Å². The van der Waals surface area contributed by atoms with E-state index in [1.165, 1.54) is 12.7 Å². The first-order valence-electron chi connectivity index (χ1n) is 3.03. The van der Waals surface area contributed by atoms with Crippen molar-refractivity contribution in [1.82, 2.24) is 20.1 Å². The lowest BCUT2D eigenvalue weighted by Gasteiger charge is -1.99. The topological polar surface area (TPSA) is 59.8 Å². The molecule has 0 aliphatic carbocycles. The number of aromatic nitrogens is 3. The average Bonchev–Trinajstić information content (AvgIpc) is 2.52. The summed E-state index contributed by atoms with van der Waals surface area (Å²) in [6.07, 6.45) is 2.61. The molecule has 60 valence electrons. The molecule has 0 unspecified atom stereocenters. The normalized spacial score (nSPS) is 9.55. The van der Waals surface area contributed by atoms with Crippen LogP contribution < -0.4 is 5.32 Å². The molecule has 1 rings (SSSR count). The smallest absolute Gasteiger partial charge is 0.335 e. The van der Waals surface area contributed by atoms with Crippen LogP contribution in [0.25, 0.3) is 0 Å². The van der Waals surface area contributed by atoms with Gasteiger partial charge in [0.15, 0.2) is 0 Å². The van der Waals surface area contributed by atoms with E-state index in [0.29, 0.717) is 12.4 Å². The molecule has 0 saturated heterocycles. The highest BCUT2D eigenvalue weighted by atomic mass is 35.5. The summed E-state index contributed by atoms with van der Waals surface area (Å²) in [6.45, 7) is 0.431. The number of nitrogens with zero attached hydrogens (tertiary/aromatic N) is 3. The van der Waals surface area contributed by atoms with Crippen molar-refractivity contribution in [3.8, 4) is 0 Å². The number of nitrogens with one attached hydrogen (secondary N) is 1. The second-order valence-electron chi connectivity index (χ2n) is 1.76. The SMILES string of the molecule is O=C(NCCCl)n1cncn1. The molecule has 1 aromatic heterocycles. The molecule has 0 atom stereocenters. The maximum Gasteiger partial charge on any atom is 0.343 e. The molecular formula is C5H7ClN4O. The zero-order valence-corrected chi connectivity index (χ0v) is 6.45. The Kier molecular flexibility index (Phi) is 2.85. The lowest BCUT2D eigenvalue weighted by molar-refractivity contribution is 0.240. The van der Waals surface area contributed by atoms with Crippen LogP contribution in [0.2, 0.25) is 0 Å². The van der Waals surface area contributed by atoms with Gasteiger partial charge in [-0.15, -0.1) is 11.6 Å². The summed E-state index contributed by atoms with van der Waals surface area (Å²) in [4.78, 5) is 14.6. The van der Waals surface area contributed by atoms with Gasteiger partial charge in [0.2, 0.25) is 0 Å². The lowest BCUT2D eigenvalue weighted by Crippen LogP contribution is -2.30. The molecule has 1 amide bonds. The molecule has 0 bridgehead atoms. The minimum Gasteiger partial charge on any atom is -0.335 e. The molecule has 1 heterocycles. The first kappa shape index (κ1) is 8.00. The molecule has 0 saturated carbocycles. The van der Waals surface area contributed by atoms with Crippen molar-refractivity contribution in [2.75, 3.05) is 12.4 Å². The quantitative estimate of drug-likeness (QED) is 0.646. The minimum absolute atomic E-state index is 0.317. The summed E-state index contributed by atoms with van der Waals surface area (Å²) in [5.74, 6) is 0.389. The molecule has 0 aromatic carbocycles. The molecule has 5 nitrogen and oxygen atoms in total. The Balaban J connectivity index is 2.43. The number of halogens is 1. The van der Waals surface area contributed by atoms with Gasteiger partial charge in [-0.05, 0) is 0 Å². The maximum atomic E-state index is 11.0. The third kappa shape index (κ3) is 2.19. The van der Waals surface area contributed by atoms with Crippen molar-refractivity contribution in [1.29, 1.82) is 0 Å². The van der Waals surface area contributed by atoms with Crippen molar-refractivity contribution in [3.05, 3.63) is 12.7 Å². The highest BCUT2D eigenvalue weighted by Crippen LogP contribution is 1.79. The fraction of sp³-hybridized carbons (Fsp3) is 0.400. The van der Waals surface area contributed by atoms with E-state index >= 15 is 0 Å². The Hall–Kier alpha value is -1.10. The largest absolute Gasteiger partial charge is 0.343 e. The third-order valence-electron chi connectivity index (χ3n) is 0.998. The van der Waals surface area contributed by atoms with Gasteiger partial charge in [-0.3, -0.25) is 0 Å². The number of hydrogen-bond donors (Lipinski definition) is 1. The van der Waals surface area contributed by atoms with Gasteiger partial charge in [0.1, 0.15) is 12.7 Å². The Morgan fingerprint density at radius 3 is 3.09 bits per heavy atom. The summed E-state index contributed by atoms with van der Waals surface area (Å²) < 4.78 is 1.10. The fourth-order valence-electron chi connectivity index (χ4n) is 0.548. The summed E-state index contributed by atoms with van der Waals surface area (Å²) in [7, 11) is 0. The van der Waals surface area contributed by atoms with Crippen LogP contribution in [-0.4, -0.2) is 33.2 Å². The van der Waals surface area contributed by atoms with Crippen molar-refractivity contribution < 1.29 is 4.79 Å². The van der Waals surface area contributed by atoms with E-state index in [0.717, 1.165) is 4.68 Å². The van der Waals surface area contributed by atoms with E-state index in [4.69, 9.17) is 11.6 Å². The molecular weight excluding hydrogens is 168 g/mol. The first-order valence-corrected chi connectivity index (χ1v) is 3.57. The number of hydrogen-bond acceptors (Lipinski definition) is 3. The van der Waals surface area contributed by atoms with Gasteiger partial charge < -0.3 is 5.32 Å². The molecule has 11 heavy (non-hydrogen) atoms. The number of alkyl halides is 1. The van der Waals surface area contributed by atoms with Crippen LogP contribution in [-0.2, 0) is 0 Å². The van der Waals surface area contributed by atoms with Crippen molar-refractivity contribution in [2.24, 2.45) is 0 Å². The number of carbonyl (C=O) groups is 1. The monoisotopic (exact) mass is 174 g/mol. The molecule has 1 N–H and O–H groups in total. The van der Waals surface area contributed by atoms with E-state index in [1.54, 1.807) is 0 Å². The molecule has 0 aliphatic rings. The highest BCUT2D eigenvalue weighted by Gasteiger charge is 2.01. The second-order valence-corrected chi connectivity index (χ2v) is 2.14. The van der Waals surface area contributed by atoms with Gasteiger partial charge in [0.05, 0.1) is 0 Å². The van der Waals surface area contributed by atoms with Gasteiger partial charge in [-0.2, -0.15) is 9.78 Å². The Bertz CT molecular complexity index is 222. The van der Waals surface area contributed by atoms with Crippen LogP contribution in [0, 0.1) is 0 Å². The van der Waals surface area contributed by atoms with Gasteiger partial charge in [0.25, 0.3) is 0 Å². The number of rotatable bonds is 2. The first-order chi connectivity index (χ1) is 5.34. The van der Waals surface area contributed by atoms with Crippen LogP contribution >= 0.6 is 11.6 Å². The Morgan fingerprint density at radius 2 is 2.55 bits per heavy atom. The van der Waals surface area contributed by atoms with Crippen LogP contribution in [0.5, 0.6) is 0 Å². The molecule has 0 aliphatic heterocycles. The lowest BCUT2D eigenvalue weighted by atomic mass is 10.7. The van der Waals surface area contributed by atoms with Crippen LogP contribution in [0.4, 0.5) is 4.79 Å². The zero-order valence-electron chi connectivity index (χ0n) is 5.70. The van der Waals surface area contributed by atoms with Crippen molar-refractivity contribution >= 4 is 17.6 Å². The predicted octanol–water partition coefficient (Wildman–Crippen LogP) is 0.0746. The molecule has 0 radical (unpaired) electrons. The summed E-state index contributed by atoms with van der Waals surface area (Å²) in [5.41, 5.74) is 0. The fourth-order valence-corrected chi connectivity index (χ4v) is 0.643. The van der Waals surface area contributed by atoms with Crippen LogP contribution in [0.1, 0.15) is 0 Å². The maximum absolute atomic E-state index is 11.0. The molecule has 0 spiro atoms. The van der Waals surface area contributed by atoms with Crippen LogP contribution in [0.15, 0.2) is 12.7 Å². The minimum atomic E-state index is -0.317. The summed E-state index contributed by atoms with van der Waals surface area (Å²) in [6, 6.07) is -0.317. The van der Waals surface area contributed by atoms with Gasteiger partial charge >= 0.3 is 6.03 Å². The molecule has 1 aromatic rings. The van der Waals surface area contributed by atoms with E-state index in [9.17, 15) is 4.79 Å². The second kappa shape index (κ2) is 3.92. The average molecular weight is 175 g/mol. The van der Waals surface area contributed by atoms with Gasteiger partial charge in [0, 0.05) is 12.4 Å². The van der Waals surface area contributed by atoms with Crippen LogP contribution in [0.3, 0.4) is 0 Å². The zero-order chi connectivity index (χ0) is 8.10. The predicted molar refractivity (Wildman–Crippen MR) is 39.5 cm³/mol. The Labute approximate surface area is 68.4 Å². The van der Waals surface area contributed by atoms with E-state index in [1.807, 2.05) is 0 Å². The van der Waals surface area contributed by atoms with E-state index in [-0.39, 0.29) is 6.03 Å². The number of carbonyl (C=O) groups excluding carboxylic acids is 1. The standard InChI is InChI=1S/C5H7ClN4O/c6-1-2-8-5(11)10-4-7-3-9-10/h3-4H,1-2H2,(H,8,11). The third-order valence-corrected chi connectivity index (χ3v) is 1.19. The van der Waals surface area contributed by atoms with E-state index < -0.39 is 0 Å².